The lowest BCUT2D eigenvalue weighted by atomic mass is 10.1. The molecule has 0 unspecified atom stereocenters. The van der Waals surface area contributed by atoms with Crippen molar-refractivity contribution in [2.24, 2.45) is 0 Å². The summed E-state index contributed by atoms with van der Waals surface area (Å²) in [4.78, 5) is 0. The molecule has 0 bridgehead atoms. The maximum absolute atomic E-state index is 13.2. The molecule has 16 heavy (non-hydrogen) atoms. The minimum absolute atomic E-state index is 0.187. The Hall–Kier alpha value is -1.16. The van der Waals surface area contributed by atoms with Crippen molar-refractivity contribution in [3.63, 3.8) is 0 Å². The van der Waals surface area contributed by atoms with Crippen molar-refractivity contribution in [2.75, 3.05) is 19.0 Å². The molecule has 1 aromatic rings. The van der Waals surface area contributed by atoms with Crippen LogP contribution in [-0.2, 0) is 4.74 Å². The van der Waals surface area contributed by atoms with Crippen LogP contribution in [0.15, 0.2) is 18.2 Å². The lowest BCUT2D eigenvalue weighted by molar-refractivity contribution is 0.0185. The van der Waals surface area contributed by atoms with Crippen molar-refractivity contribution < 1.29 is 13.5 Å². The molecule has 0 saturated heterocycles. The zero-order valence-electron chi connectivity index (χ0n) is 9.81. The summed E-state index contributed by atoms with van der Waals surface area (Å²) in [5, 5.41) is 2.85. The highest BCUT2D eigenvalue weighted by Crippen LogP contribution is 2.17. The number of hydrogen-bond donors (Lipinski definition) is 1. The van der Waals surface area contributed by atoms with Gasteiger partial charge in [0.15, 0.2) is 0 Å². The van der Waals surface area contributed by atoms with E-state index < -0.39 is 11.6 Å². The van der Waals surface area contributed by atoms with Crippen LogP contribution >= 0.6 is 0 Å². The summed E-state index contributed by atoms with van der Waals surface area (Å²) < 4.78 is 31.3. The summed E-state index contributed by atoms with van der Waals surface area (Å²) in [5.41, 5.74) is -0.0801. The molecule has 1 N–H and O–H groups in total. The molecule has 1 rings (SSSR count). The minimum atomic E-state index is -0.449. The summed E-state index contributed by atoms with van der Waals surface area (Å²) >= 11 is 0. The highest BCUT2D eigenvalue weighted by molar-refractivity contribution is 5.44. The number of nitrogens with one attached hydrogen (secondary N) is 1. The SMILES string of the molecule is COC(C)(C)CCNc1cc(F)ccc1F. The van der Waals surface area contributed by atoms with E-state index in [0.717, 1.165) is 18.2 Å². The monoisotopic (exact) mass is 229 g/mol. The van der Waals surface area contributed by atoms with E-state index in [9.17, 15) is 8.78 Å². The maximum atomic E-state index is 13.2. The van der Waals surface area contributed by atoms with Crippen molar-refractivity contribution in [2.45, 2.75) is 25.9 Å². The van der Waals surface area contributed by atoms with E-state index in [0.29, 0.717) is 13.0 Å². The largest absolute Gasteiger partial charge is 0.382 e. The van der Waals surface area contributed by atoms with Gasteiger partial charge in [-0.2, -0.15) is 0 Å². The Morgan fingerprint density at radius 3 is 2.62 bits per heavy atom. The van der Waals surface area contributed by atoms with Gasteiger partial charge in [0.1, 0.15) is 11.6 Å². The van der Waals surface area contributed by atoms with Crippen LogP contribution in [0.4, 0.5) is 14.5 Å². The second-order valence-corrected chi connectivity index (χ2v) is 4.26. The third-order valence-corrected chi connectivity index (χ3v) is 2.52. The van der Waals surface area contributed by atoms with Crippen LogP contribution in [-0.4, -0.2) is 19.3 Å². The van der Waals surface area contributed by atoms with Crippen LogP contribution in [0.2, 0.25) is 0 Å². The van der Waals surface area contributed by atoms with Gasteiger partial charge in [-0.1, -0.05) is 0 Å². The molecule has 0 fully saturated rings. The lowest BCUT2D eigenvalue weighted by Gasteiger charge is -2.23. The zero-order valence-corrected chi connectivity index (χ0v) is 9.81. The number of halogens is 2. The summed E-state index contributed by atoms with van der Waals surface area (Å²) in [6.45, 7) is 4.41. The molecule has 0 aliphatic rings. The molecule has 0 radical (unpaired) electrons. The van der Waals surface area contributed by atoms with Crippen molar-refractivity contribution in [3.05, 3.63) is 29.8 Å². The van der Waals surface area contributed by atoms with Crippen molar-refractivity contribution in [3.8, 4) is 0 Å². The fourth-order valence-electron chi connectivity index (χ4n) is 1.23. The van der Waals surface area contributed by atoms with Gasteiger partial charge in [-0.25, -0.2) is 8.78 Å². The average Bonchev–Trinajstić information content (AvgIpc) is 2.23. The number of anilines is 1. The van der Waals surface area contributed by atoms with Gasteiger partial charge < -0.3 is 10.1 Å². The van der Waals surface area contributed by atoms with Gasteiger partial charge in [-0.3, -0.25) is 0 Å². The van der Waals surface area contributed by atoms with Crippen molar-refractivity contribution >= 4 is 5.69 Å². The van der Waals surface area contributed by atoms with Crippen molar-refractivity contribution in [1.29, 1.82) is 0 Å². The van der Waals surface area contributed by atoms with Crippen LogP contribution in [0.5, 0.6) is 0 Å². The molecule has 4 heteroatoms. The van der Waals surface area contributed by atoms with E-state index in [4.69, 9.17) is 4.74 Å². The summed E-state index contributed by atoms with van der Waals surface area (Å²) in [7, 11) is 1.63. The molecule has 0 heterocycles. The molecule has 0 aliphatic heterocycles. The van der Waals surface area contributed by atoms with Gasteiger partial charge in [0.25, 0.3) is 0 Å². The second kappa shape index (κ2) is 5.25. The lowest BCUT2D eigenvalue weighted by Crippen LogP contribution is -2.25. The molecule has 2 nitrogen and oxygen atoms in total. The van der Waals surface area contributed by atoms with Gasteiger partial charge in [0.05, 0.1) is 11.3 Å². The molecule has 0 aromatic heterocycles. The van der Waals surface area contributed by atoms with Crippen LogP contribution in [0.1, 0.15) is 20.3 Å². The number of hydrogen-bond acceptors (Lipinski definition) is 2. The maximum Gasteiger partial charge on any atom is 0.146 e. The Morgan fingerprint density at radius 2 is 2.00 bits per heavy atom. The van der Waals surface area contributed by atoms with Crippen LogP contribution in [0, 0.1) is 11.6 Å². The van der Waals surface area contributed by atoms with Crippen molar-refractivity contribution in [1.82, 2.24) is 0 Å². The smallest absolute Gasteiger partial charge is 0.146 e. The molecule has 0 amide bonds. The van der Waals surface area contributed by atoms with Crippen LogP contribution in [0.25, 0.3) is 0 Å². The topological polar surface area (TPSA) is 21.3 Å². The predicted molar refractivity (Wildman–Crippen MR) is 60.6 cm³/mol. The number of benzene rings is 1. The average molecular weight is 229 g/mol. The molecule has 0 atom stereocenters. The van der Waals surface area contributed by atoms with E-state index in [2.05, 4.69) is 5.32 Å². The van der Waals surface area contributed by atoms with E-state index in [1.807, 2.05) is 13.8 Å². The number of ether oxygens (including phenoxy) is 1. The van der Waals surface area contributed by atoms with Gasteiger partial charge >= 0.3 is 0 Å². The molecule has 1 aromatic carbocycles. The molecule has 90 valence electrons. The quantitative estimate of drug-likeness (QED) is 0.837. The first kappa shape index (κ1) is 12.9. The molecule has 0 saturated carbocycles. The first-order chi connectivity index (χ1) is 7.44. The summed E-state index contributed by atoms with van der Waals surface area (Å²) in [6, 6.07) is 3.36. The Balaban J connectivity index is 2.52. The first-order valence-electron chi connectivity index (χ1n) is 5.19. The van der Waals surface area contributed by atoms with Gasteiger partial charge in [-0.15, -0.1) is 0 Å². The van der Waals surface area contributed by atoms with E-state index in [1.165, 1.54) is 0 Å². The van der Waals surface area contributed by atoms with E-state index >= 15 is 0 Å². The van der Waals surface area contributed by atoms with Crippen LogP contribution in [0.3, 0.4) is 0 Å². The Kier molecular flexibility index (Phi) is 4.24. The summed E-state index contributed by atoms with van der Waals surface area (Å²) in [5.74, 6) is -0.897. The first-order valence-corrected chi connectivity index (χ1v) is 5.19. The minimum Gasteiger partial charge on any atom is -0.382 e. The fraction of sp³-hybridized carbons (Fsp3) is 0.500. The molecular formula is C12H17F2NO. The third-order valence-electron chi connectivity index (χ3n) is 2.52. The standard InChI is InChI=1S/C12H17F2NO/c1-12(2,16-3)6-7-15-11-8-9(13)4-5-10(11)14/h4-5,8,15H,6-7H2,1-3H3. The van der Waals surface area contributed by atoms with E-state index in [1.54, 1.807) is 7.11 Å². The Labute approximate surface area is 94.6 Å². The number of methoxy groups -OCH3 is 1. The zero-order chi connectivity index (χ0) is 12.2. The Morgan fingerprint density at radius 1 is 1.31 bits per heavy atom. The molecule has 0 spiro atoms. The van der Waals surface area contributed by atoms with Gasteiger partial charge in [-0.05, 0) is 38.5 Å². The normalized spacial score (nSPS) is 11.6. The predicted octanol–water partition coefficient (Wildman–Crippen LogP) is 3.19. The van der Waals surface area contributed by atoms with Gasteiger partial charge in [0, 0.05) is 13.7 Å². The van der Waals surface area contributed by atoms with Crippen LogP contribution < -0.4 is 5.32 Å². The number of rotatable bonds is 5. The molecular weight excluding hydrogens is 212 g/mol. The third kappa shape index (κ3) is 3.77. The molecule has 0 aliphatic carbocycles. The Bertz CT molecular complexity index is 353. The van der Waals surface area contributed by atoms with E-state index in [-0.39, 0.29) is 11.3 Å². The fourth-order valence-corrected chi connectivity index (χ4v) is 1.23. The van der Waals surface area contributed by atoms with Gasteiger partial charge in [0.2, 0.25) is 0 Å². The highest BCUT2D eigenvalue weighted by Gasteiger charge is 2.15. The summed E-state index contributed by atoms with van der Waals surface area (Å²) in [6.07, 6.45) is 0.708. The highest BCUT2D eigenvalue weighted by atomic mass is 19.1. The second-order valence-electron chi connectivity index (χ2n) is 4.26.